The fraction of sp³-hybridized carbons (Fsp3) is 0.316. The van der Waals surface area contributed by atoms with Crippen molar-refractivity contribution in [2.45, 2.75) is 20.0 Å². The van der Waals surface area contributed by atoms with Gasteiger partial charge in [0.15, 0.2) is 20.8 Å². The van der Waals surface area contributed by atoms with Crippen LogP contribution in [0.4, 0.5) is 5.13 Å². The third-order valence-electron chi connectivity index (χ3n) is 4.13. The Morgan fingerprint density at radius 1 is 1.28 bits per heavy atom. The fourth-order valence-corrected chi connectivity index (χ4v) is 4.53. The number of ketones is 1. The summed E-state index contributed by atoms with van der Waals surface area (Å²) in [6.45, 7) is 3.57. The van der Waals surface area contributed by atoms with Crippen molar-refractivity contribution in [3.8, 4) is 0 Å². The van der Waals surface area contributed by atoms with Crippen LogP contribution in [0.1, 0.15) is 20.9 Å². The first kappa shape index (κ1) is 21.5. The normalized spacial score (nSPS) is 11.6. The number of benzene rings is 1. The van der Waals surface area contributed by atoms with E-state index in [-0.39, 0.29) is 5.69 Å². The molecule has 1 aromatic carbocycles. The van der Waals surface area contributed by atoms with E-state index in [1.807, 2.05) is 30.3 Å². The minimum absolute atomic E-state index is 0.218. The zero-order valence-electron chi connectivity index (χ0n) is 16.1. The average molecular weight is 453 g/mol. The Hall–Kier alpha value is -2.23. The van der Waals surface area contributed by atoms with Gasteiger partial charge in [0.1, 0.15) is 11.4 Å². The van der Waals surface area contributed by atoms with Crippen molar-refractivity contribution in [2.75, 3.05) is 23.5 Å². The van der Waals surface area contributed by atoms with E-state index in [0.29, 0.717) is 34.7 Å². The molecule has 3 aromatic rings. The van der Waals surface area contributed by atoms with E-state index >= 15 is 0 Å². The lowest BCUT2D eigenvalue weighted by Gasteiger charge is -2.22. The quantitative estimate of drug-likeness (QED) is 0.463. The number of carbonyl (C=O) groups is 1. The van der Waals surface area contributed by atoms with Gasteiger partial charge in [-0.25, -0.2) is 13.4 Å². The minimum atomic E-state index is -3.41. The van der Waals surface area contributed by atoms with Crippen LogP contribution < -0.4 is 4.90 Å². The number of thiazole rings is 1. The summed E-state index contributed by atoms with van der Waals surface area (Å²) < 4.78 is 24.7. The summed E-state index contributed by atoms with van der Waals surface area (Å²) in [7, 11) is -3.41. The molecular formula is C19H21ClN4O3S2. The number of halogens is 1. The molecule has 0 atom stereocenters. The molecule has 0 amide bonds. The monoisotopic (exact) mass is 452 g/mol. The van der Waals surface area contributed by atoms with Gasteiger partial charge in [0.25, 0.3) is 0 Å². The molecule has 2 aromatic heterocycles. The summed E-state index contributed by atoms with van der Waals surface area (Å²) in [5.74, 6) is -1.02. The van der Waals surface area contributed by atoms with Crippen LogP contribution in [0.2, 0.25) is 5.02 Å². The zero-order chi connectivity index (χ0) is 21.0. The topological polar surface area (TPSA) is 85.2 Å². The number of hydrogen-bond acceptors (Lipinski definition) is 7. The highest BCUT2D eigenvalue weighted by molar-refractivity contribution is 7.91. The van der Waals surface area contributed by atoms with Crippen LogP contribution in [0.25, 0.3) is 0 Å². The molecule has 2 heterocycles. The minimum Gasteiger partial charge on any atom is -0.342 e. The Labute approximate surface area is 178 Å². The molecule has 0 saturated heterocycles. The first-order chi connectivity index (χ1) is 13.7. The number of aryl methyl sites for hydroxylation is 1. The summed E-state index contributed by atoms with van der Waals surface area (Å²) in [6, 6.07) is 9.93. The molecule has 0 N–H and O–H groups in total. The lowest BCUT2D eigenvalue weighted by atomic mass is 10.2. The van der Waals surface area contributed by atoms with E-state index in [1.165, 1.54) is 11.3 Å². The van der Waals surface area contributed by atoms with Crippen molar-refractivity contribution < 1.29 is 13.2 Å². The van der Waals surface area contributed by atoms with Crippen LogP contribution in [0.15, 0.2) is 42.7 Å². The van der Waals surface area contributed by atoms with Crippen LogP contribution in [-0.2, 0) is 22.9 Å². The third-order valence-corrected chi connectivity index (χ3v) is 6.14. The smallest absolute Gasteiger partial charge is 0.197 e. The number of sulfone groups is 1. The summed E-state index contributed by atoms with van der Waals surface area (Å²) in [6.07, 6.45) is 4.37. The predicted molar refractivity (Wildman–Crippen MR) is 116 cm³/mol. The molecule has 0 radical (unpaired) electrons. The summed E-state index contributed by atoms with van der Waals surface area (Å²) >= 11 is 7.32. The summed E-state index contributed by atoms with van der Waals surface area (Å²) in [4.78, 5) is 19.6. The number of anilines is 1. The number of rotatable bonds is 9. The number of nitrogens with zero attached hydrogens (tertiary/aromatic N) is 4. The van der Waals surface area contributed by atoms with Crippen LogP contribution in [0, 0.1) is 6.92 Å². The second kappa shape index (κ2) is 9.06. The summed E-state index contributed by atoms with van der Waals surface area (Å²) in [5, 5.41) is 5.44. The van der Waals surface area contributed by atoms with E-state index in [9.17, 15) is 13.2 Å². The van der Waals surface area contributed by atoms with Crippen molar-refractivity contribution in [1.29, 1.82) is 0 Å². The molecule has 0 bridgehead atoms. The molecule has 0 aliphatic heterocycles. The third kappa shape index (κ3) is 6.12. The molecule has 7 nitrogen and oxygen atoms in total. The van der Waals surface area contributed by atoms with Crippen LogP contribution >= 0.6 is 22.9 Å². The van der Waals surface area contributed by atoms with Gasteiger partial charge in [-0.1, -0.05) is 41.9 Å². The molecule has 0 saturated carbocycles. The maximum atomic E-state index is 12.4. The lowest BCUT2D eigenvalue weighted by molar-refractivity contribution is 0.101. The highest BCUT2D eigenvalue weighted by Gasteiger charge is 2.22. The van der Waals surface area contributed by atoms with Crippen molar-refractivity contribution in [2.24, 2.45) is 0 Å². The highest BCUT2D eigenvalue weighted by atomic mass is 35.5. The molecule has 3 rings (SSSR count). The molecular weight excluding hydrogens is 432 g/mol. The Bertz CT molecular complexity index is 1090. The van der Waals surface area contributed by atoms with Gasteiger partial charge >= 0.3 is 0 Å². The number of Topliss-reactive ketones (excluding diaryl/α,β-unsaturated/α-hetero) is 1. The van der Waals surface area contributed by atoms with Gasteiger partial charge in [-0.15, -0.1) is 11.3 Å². The predicted octanol–water partition coefficient (Wildman–Crippen LogP) is 3.24. The van der Waals surface area contributed by atoms with Crippen LogP contribution in [0.3, 0.4) is 0 Å². The van der Waals surface area contributed by atoms with E-state index in [1.54, 1.807) is 24.0 Å². The highest BCUT2D eigenvalue weighted by Crippen LogP contribution is 2.27. The number of carbonyl (C=O) groups excluding carboxylic acids is 1. The molecule has 0 unspecified atom stereocenters. The van der Waals surface area contributed by atoms with Gasteiger partial charge < -0.3 is 4.90 Å². The second-order valence-electron chi connectivity index (χ2n) is 6.72. The van der Waals surface area contributed by atoms with E-state index < -0.39 is 21.4 Å². The van der Waals surface area contributed by atoms with E-state index in [2.05, 4.69) is 15.0 Å². The van der Waals surface area contributed by atoms with Crippen molar-refractivity contribution in [3.63, 3.8) is 0 Å². The molecule has 0 aliphatic carbocycles. The number of hydrogen-bond donors (Lipinski definition) is 0. The van der Waals surface area contributed by atoms with Gasteiger partial charge in [-0.2, -0.15) is 5.10 Å². The van der Waals surface area contributed by atoms with E-state index in [4.69, 9.17) is 11.6 Å². The first-order valence-corrected chi connectivity index (χ1v) is 12.1. The van der Waals surface area contributed by atoms with Crippen LogP contribution in [0.5, 0.6) is 0 Å². The Balaban J connectivity index is 1.84. The molecule has 29 heavy (non-hydrogen) atoms. The number of aromatic nitrogens is 3. The molecule has 10 heteroatoms. The summed E-state index contributed by atoms with van der Waals surface area (Å²) in [5.41, 5.74) is 1.32. The molecule has 0 spiro atoms. The Morgan fingerprint density at radius 3 is 2.62 bits per heavy atom. The zero-order valence-corrected chi connectivity index (χ0v) is 18.5. The van der Waals surface area contributed by atoms with Gasteiger partial charge in [0, 0.05) is 30.4 Å². The molecule has 0 aliphatic rings. The van der Waals surface area contributed by atoms with Gasteiger partial charge in [0.05, 0.1) is 17.8 Å². The van der Waals surface area contributed by atoms with Gasteiger partial charge in [0.2, 0.25) is 0 Å². The fourth-order valence-electron chi connectivity index (χ4n) is 2.81. The first-order valence-electron chi connectivity index (χ1n) is 8.86. The van der Waals surface area contributed by atoms with Gasteiger partial charge in [-0.3, -0.25) is 9.48 Å². The van der Waals surface area contributed by atoms with Crippen molar-refractivity contribution in [3.05, 3.63) is 63.9 Å². The maximum absolute atomic E-state index is 12.4. The van der Waals surface area contributed by atoms with Crippen molar-refractivity contribution in [1.82, 2.24) is 14.8 Å². The largest absolute Gasteiger partial charge is 0.342 e. The second-order valence-corrected chi connectivity index (χ2v) is 10.5. The Morgan fingerprint density at radius 2 is 2.00 bits per heavy atom. The average Bonchev–Trinajstić information content (AvgIpc) is 3.23. The maximum Gasteiger partial charge on any atom is 0.197 e. The molecule has 154 valence electrons. The lowest BCUT2D eigenvalue weighted by Crippen LogP contribution is -2.27. The molecule has 0 fully saturated rings. The van der Waals surface area contributed by atoms with Crippen molar-refractivity contribution >= 4 is 43.7 Å². The Kier molecular flexibility index (Phi) is 6.71. The van der Waals surface area contributed by atoms with Crippen LogP contribution in [-0.4, -0.2) is 47.5 Å². The van der Waals surface area contributed by atoms with E-state index in [0.717, 1.165) is 11.8 Å². The standard InChI is InChI=1S/C19H21ClN4O3S2/c1-14-18(17(25)13-29(2,26)27)22-19(28-14)23(11-15-6-4-3-5-7-15)8-9-24-12-16(20)10-21-24/h3-7,10,12H,8-9,11,13H2,1-2H3. The SMILES string of the molecule is Cc1sc(N(CCn2cc(Cl)cn2)Cc2ccccc2)nc1C(=O)CS(C)(=O)=O. The van der Waals surface area contributed by atoms with Gasteiger partial charge in [-0.05, 0) is 12.5 Å².